The highest BCUT2D eigenvalue weighted by Gasteiger charge is 2.20. The maximum Gasteiger partial charge on any atom is 0.134 e. The van der Waals surface area contributed by atoms with Gasteiger partial charge in [0, 0.05) is 12.6 Å². The van der Waals surface area contributed by atoms with Crippen LogP contribution in [0.3, 0.4) is 0 Å². The lowest BCUT2D eigenvalue weighted by molar-refractivity contribution is 0.659. The normalized spacial score (nSPS) is 22.4. The van der Waals surface area contributed by atoms with E-state index in [2.05, 4.69) is 14.9 Å². The van der Waals surface area contributed by atoms with Crippen LogP contribution in [-0.4, -0.2) is 29.7 Å². The zero-order valence-corrected chi connectivity index (χ0v) is 6.97. The van der Waals surface area contributed by atoms with E-state index in [4.69, 9.17) is 11.6 Å². The van der Waals surface area contributed by atoms with Crippen LogP contribution in [0.25, 0.3) is 0 Å². The molecule has 0 aliphatic carbocycles. The Hall–Kier alpha value is -0.830. The zero-order valence-electron chi connectivity index (χ0n) is 6.21. The third-order valence-electron chi connectivity index (χ3n) is 1.78. The molecule has 0 amide bonds. The smallest absolute Gasteiger partial charge is 0.134 e. The maximum absolute atomic E-state index is 5.74. The van der Waals surface area contributed by atoms with Crippen molar-refractivity contribution >= 4 is 23.3 Å². The number of rotatable bonds is 0. The van der Waals surface area contributed by atoms with Gasteiger partial charge in [0.1, 0.15) is 16.8 Å². The highest BCUT2D eigenvalue weighted by atomic mass is 35.5. The molecule has 58 valence electrons. The molecule has 0 spiro atoms. The fourth-order valence-corrected chi connectivity index (χ4v) is 1.49. The molecule has 2 aliphatic heterocycles. The van der Waals surface area contributed by atoms with Gasteiger partial charge in [-0.3, -0.25) is 4.99 Å². The molecule has 11 heavy (non-hydrogen) atoms. The third kappa shape index (κ3) is 1.05. The van der Waals surface area contributed by atoms with E-state index in [-0.39, 0.29) is 0 Å². The van der Waals surface area contributed by atoms with Crippen molar-refractivity contribution in [1.29, 1.82) is 0 Å². The molecule has 0 unspecified atom stereocenters. The highest BCUT2D eigenvalue weighted by molar-refractivity contribution is 6.33. The van der Waals surface area contributed by atoms with E-state index < -0.39 is 0 Å². The summed E-state index contributed by atoms with van der Waals surface area (Å²) in [5.41, 5.74) is 0. The summed E-state index contributed by atoms with van der Waals surface area (Å²) in [6.45, 7) is 3.73. The van der Waals surface area contributed by atoms with Crippen molar-refractivity contribution in [1.82, 2.24) is 4.90 Å². The molecule has 2 rings (SSSR count). The van der Waals surface area contributed by atoms with E-state index in [1.807, 2.05) is 6.92 Å². The predicted molar refractivity (Wildman–Crippen MR) is 46.1 cm³/mol. The molecule has 2 heterocycles. The summed E-state index contributed by atoms with van der Waals surface area (Å²) in [5.74, 6) is 1.89. The van der Waals surface area contributed by atoms with Crippen LogP contribution in [0.15, 0.2) is 21.2 Å². The molecule has 0 radical (unpaired) electrons. The maximum atomic E-state index is 5.74. The molecule has 0 saturated heterocycles. The first-order chi connectivity index (χ1) is 5.27. The Morgan fingerprint density at radius 1 is 1.64 bits per heavy atom. The molecular formula is C7H8ClN3. The van der Waals surface area contributed by atoms with E-state index in [0.29, 0.717) is 5.16 Å². The van der Waals surface area contributed by atoms with Crippen molar-refractivity contribution in [2.24, 2.45) is 9.98 Å². The van der Waals surface area contributed by atoms with Gasteiger partial charge in [0.15, 0.2) is 0 Å². The van der Waals surface area contributed by atoms with Crippen LogP contribution >= 0.6 is 11.6 Å². The molecule has 0 saturated carbocycles. The molecule has 0 fully saturated rings. The number of hydrogen-bond donors (Lipinski definition) is 0. The molecule has 0 atom stereocenters. The van der Waals surface area contributed by atoms with Gasteiger partial charge >= 0.3 is 0 Å². The summed E-state index contributed by atoms with van der Waals surface area (Å²) in [5, 5.41) is 0.527. The van der Waals surface area contributed by atoms with Gasteiger partial charge in [-0.15, -0.1) is 0 Å². The molecule has 0 N–H and O–H groups in total. The fourth-order valence-electron chi connectivity index (χ4n) is 1.27. The SMILES string of the molecule is CC1=NC(Cl)=CC2=NCCN12. The molecule has 0 aromatic heterocycles. The molecule has 0 bridgehead atoms. The Kier molecular flexibility index (Phi) is 1.46. The standard InChI is InChI=1S/C7H8ClN3/c1-5-10-6(8)4-7-9-2-3-11(5)7/h4H,2-3H2,1H3. The summed E-state index contributed by atoms with van der Waals surface area (Å²) in [7, 11) is 0. The molecular weight excluding hydrogens is 162 g/mol. The summed E-state index contributed by atoms with van der Waals surface area (Å²) >= 11 is 5.74. The second-order valence-corrected chi connectivity index (χ2v) is 2.90. The minimum atomic E-state index is 0.527. The number of hydrogen-bond acceptors (Lipinski definition) is 3. The van der Waals surface area contributed by atoms with Crippen molar-refractivity contribution in [2.45, 2.75) is 6.92 Å². The Bertz CT molecular complexity index is 277. The van der Waals surface area contributed by atoms with Crippen LogP contribution < -0.4 is 0 Å². The molecule has 0 aromatic rings. The van der Waals surface area contributed by atoms with Crippen LogP contribution in [-0.2, 0) is 0 Å². The summed E-state index contributed by atoms with van der Waals surface area (Å²) in [4.78, 5) is 10.4. The Labute approximate surface area is 70.1 Å². The summed E-state index contributed by atoms with van der Waals surface area (Å²) in [6, 6.07) is 0. The molecule has 0 aromatic carbocycles. The number of halogens is 1. The Morgan fingerprint density at radius 2 is 2.45 bits per heavy atom. The molecule has 2 aliphatic rings. The van der Waals surface area contributed by atoms with Crippen molar-refractivity contribution in [3.63, 3.8) is 0 Å². The lowest BCUT2D eigenvalue weighted by Crippen LogP contribution is -2.33. The van der Waals surface area contributed by atoms with Crippen LogP contribution in [0.2, 0.25) is 0 Å². The largest absolute Gasteiger partial charge is 0.313 e. The average molecular weight is 170 g/mol. The number of amidine groups is 2. The van der Waals surface area contributed by atoms with Gasteiger partial charge in [-0.1, -0.05) is 11.6 Å². The van der Waals surface area contributed by atoms with E-state index >= 15 is 0 Å². The second-order valence-electron chi connectivity index (χ2n) is 2.52. The topological polar surface area (TPSA) is 28.0 Å². The Balaban J connectivity index is 2.40. The van der Waals surface area contributed by atoms with Gasteiger partial charge in [-0.2, -0.15) is 0 Å². The second kappa shape index (κ2) is 2.34. The van der Waals surface area contributed by atoms with Crippen LogP contribution in [0.4, 0.5) is 0 Å². The van der Waals surface area contributed by atoms with E-state index in [1.165, 1.54) is 0 Å². The summed E-state index contributed by atoms with van der Waals surface area (Å²) < 4.78 is 0. The fraction of sp³-hybridized carbons (Fsp3) is 0.429. The van der Waals surface area contributed by atoms with E-state index in [0.717, 1.165) is 24.8 Å². The van der Waals surface area contributed by atoms with Crippen molar-refractivity contribution < 1.29 is 0 Å². The van der Waals surface area contributed by atoms with E-state index in [9.17, 15) is 0 Å². The summed E-state index contributed by atoms with van der Waals surface area (Å²) in [6.07, 6.45) is 1.79. The Morgan fingerprint density at radius 3 is 3.27 bits per heavy atom. The number of aliphatic imine (C=N–C) groups is 2. The minimum Gasteiger partial charge on any atom is -0.313 e. The quantitative estimate of drug-likeness (QED) is 0.501. The van der Waals surface area contributed by atoms with Crippen molar-refractivity contribution in [3.05, 3.63) is 11.2 Å². The monoisotopic (exact) mass is 169 g/mol. The number of nitrogens with zero attached hydrogens (tertiary/aromatic N) is 3. The highest BCUT2D eigenvalue weighted by Crippen LogP contribution is 2.16. The van der Waals surface area contributed by atoms with Gasteiger partial charge in [-0.05, 0) is 6.92 Å². The van der Waals surface area contributed by atoms with Crippen LogP contribution in [0, 0.1) is 0 Å². The third-order valence-corrected chi connectivity index (χ3v) is 1.98. The average Bonchev–Trinajstić information content (AvgIpc) is 2.34. The van der Waals surface area contributed by atoms with Gasteiger partial charge in [0.05, 0.1) is 6.54 Å². The van der Waals surface area contributed by atoms with Crippen LogP contribution in [0.1, 0.15) is 6.92 Å². The van der Waals surface area contributed by atoms with Crippen molar-refractivity contribution in [3.8, 4) is 0 Å². The van der Waals surface area contributed by atoms with Gasteiger partial charge in [-0.25, -0.2) is 4.99 Å². The van der Waals surface area contributed by atoms with Gasteiger partial charge < -0.3 is 4.90 Å². The molecule has 4 heteroatoms. The van der Waals surface area contributed by atoms with Gasteiger partial charge in [0.2, 0.25) is 0 Å². The predicted octanol–water partition coefficient (Wildman–Crippen LogP) is 1.21. The first-order valence-corrected chi connectivity index (χ1v) is 3.89. The van der Waals surface area contributed by atoms with Gasteiger partial charge in [0.25, 0.3) is 0 Å². The molecule has 3 nitrogen and oxygen atoms in total. The lowest BCUT2D eigenvalue weighted by Gasteiger charge is -2.20. The van der Waals surface area contributed by atoms with Crippen LogP contribution in [0.5, 0.6) is 0 Å². The van der Waals surface area contributed by atoms with Crippen molar-refractivity contribution in [2.75, 3.05) is 13.1 Å². The number of fused-ring (bicyclic) bond motifs is 1. The minimum absolute atomic E-state index is 0.527. The zero-order chi connectivity index (χ0) is 7.84. The first kappa shape index (κ1) is 6.85. The lowest BCUT2D eigenvalue weighted by atomic mass is 10.4. The van der Waals surface area contributed by atoms with E-state index in [1.54, 1.807) is 6.08 Å². The first-order valence-electron chi connectivity index (χ1n) is 3.52.